The summed E-state index contributed by atoms with van der Waals surface area (Å²) in [5.41, 5.74) is 1.59. The molecule has 0 spiro atoms. The van der Waals surface area contributed by atoms with E-state index in [1.807, 2.05) is 0 Å². The van der Waals surface area contributed by atoms with Crippen LogP contribution in [0.4, 0.5) is 5.69 Å². The molecule has 1 aliphatic rings. The van der Waals surface area contributed by atoms with Crippen molar-refractivity contribution in [2.45, 2.75) is 19.3 Å². The number of aryl methyl sites for hydroxylation is 1. The lowest BCUT2D eigenvalue weighted by Gasteiger charge is -2.16. The highest BCUT2D eigenvalue weighted by Gasteiger charge is 2.18. The van der Waals surface area contributed by atoms with Crippen molar-refractivity contribution in [3.63, 3.8) is 0 Å². The Kier molecular flexibility index (Phi) is 2.11. The van der Waals surface area contributed by atoms with Crippen LogP contribution in [0.3, 0.4) is 0 Å². The fourth-order valence-electron chi connectivity index (χ4n) is 1.73. The van der Waals surface area contributed by atoms with Crippen molar-refractivity contribution in [3.05, 3.63) is 28.2 Å². The number of hydrogen-bond donors (Lipinski definition) is 1. The van der Waals surface area contributed by atoms with Crippen molar-refractivity contribution in [1.29, 1.82) is 0 Å². The number of amides is 1. The van der Waals surface area contributed by atoms with Gasteiger partial charge in [-0.05, 0) is 18.9 Å². The quantitative estimate of drug-likeness (QED) is 0.657. The minimum Gasteiger partial charge on any atom is -0.324 e. The Hall–Kier alpha value is -1.58. The molecule has 1 amide bonds. The second kappa shape index (κ2) is 3.29. The fraction of sp³-hybridized carbons (Fsp3) is 0.400. The van der Waals surface area contributed by atoms with E-state index >= 15 is 0 Å². The van der Waals surface area contributed by atoms with Crippen molar-refractivity contribution < 1.29 is 4.79 Å². The molecular weight excluding hydrogens is 180 g/mol. The smallest absolute Gasteiger partial charge is 0.248 e. The topological polar surface area (TPSA) is 53.2 Å². The van der Waals surface area contributed by atoms with Gasteiger partial charge in [0.2, 0.25) is 11.5 Å². The first kappa shape index (κ1) is 8.99. The normalized spacial score (nSPS) is 16.4. The van der Waals surface area contributed by atoms with Crippen LogP contribution >= 0.6 is 0 Å². The van der Waals surface area contributed by atoms with Crippen LogP contribution in [0.1, 0.15) is 18.5 Å². The number of fused-ring (bicyclic) bond motifs is 1. The van der Waals surface area contributed by atoms with Crippen molar-refractivity contribution in [2.75, 3.05) is 11.9 Å². The molecule has 1 aromatic rings. The van der Waals surface area contributed by atoms with Crippen molar-refractivity contribution in [1.82, 2.24) is 4.98 Å². The molecule has 0 aliphatic carbocycles. The largest absolute Gasteiger partial charge is 0.324 e. The maximum atomic E-state index is 11.5. The van der Waals surface area contributed by atoms with Crippen LogP contribution in [0, 0.1) is 0 Å². The summed E-state index contributed by atoms with van der Waals surface area (Å²) >= 11 is 0. The summed E-state index contributed by atoms with van der Waals surface area (Å²) in [6.07, 6.45) is 2.12. The Bertz CT molecular complexity index is 422. The molecule has 1 N–H and O–H groups in total. The Morgan fingerprint density at radius 1 is 1.29 bits per heavy atom. The van der Waals surface area contributed by atoms with E-state index in [1.54, 1.807) is 18.0 Å². The molecule has 0 unspecified atom stereocenters. The maximum Gasteiger partial charge on any atom is 0.248 e. The predicted molar refractivity (Wildman–Crippen MR) is 53.4 cm³/mol. The first-order chi connectivity index (χ1) is 6.68. The maximum absolute atomic E-state index is 11.5. The van der Waals surface area contributed by atoms with E-state index < -0.39 is 0 Å². The third-order valence-electron chi connectivity index (χ3n) is 2.53. The van der Waals surface area contributed by atoms with Gasteiger partial charge in [-0.1, -0.05) is 0 Å². The summed E-state index contributed by atoms with van der Waals surface area (Å²) in [6.45, 7) is 0. The van der Waals surface area contributed by atoms with E-state index in [0.717, 1.165) is 24.2 Å². The molecule has 0 saturated carbocycles. The van der Waals surface area contributed by atoms with E-state index in [-0.39, 0.29) is 11.5 Å². The first-order valence-corrected chi connectivity index (χ1v) is 4.67. The molecular formula is C10H12N2O2. The third-order valence-corrected chi connectivity index (χ3v) is 2.53. The number of nitrogens with zero attached hydrogens (tertiary/aromatic N) is 1. The van der Waals surface area contributed by atoms with Crippen molar-refractivity contribution in [2.24, 2.45) is 0 Å². The average Bonchev–Trinajstić information content (AvgIpc) is 2.28. The standard InChI is InChI=1S/C10H12N2O2/c1-12-8-5-6-9(13)11-7(8)3-2-4-10(12)14/h5-6H,2-4H2,1H3,(H,11,13). The van der Waals surface area contributed by atoms with Gasteiger partial charge in [-0.15, -0.1) is 0 Å². The molecule has 0 radical (unpaired) electrons. The molecule has 0 bridgehead atoms. The first-order valence-electron chi connectivity index (χ1n) is 4.67. The molecule has 74 valence electrons. The number of aromatic amines is 1. The van der Waals surface area contributed by atoms with Crippen LogP contribution < -0.4 is 10.5 Å². The van der Waals surface area contributed by atoms with E-state index in [9.17, 15) is 9.59 Å². The predicted octanol–water partition coefficient (Wildman–Crippen LogP) is 0.674. The van der Waals surface area contributed by atoms with Crippen LogP contribution in [-0.2, 0) is 11.2 Å². The van der Waals surface area contributed by atoms with Crippen molar-refractivity contribution in [3.8, 4) is 0 Å². The molecule has 1 aromatic heterocycles. The molecule has 0 saturated heterocycles. The van der Waals surface area contributed by atoms with Gasteiger partial charge in [0.15, 0.2) is 0 Å². The third kappa shape index (κ3) is 1.43. The molecule has 0 fully saturated rings. The van der Waals surface area contributed by atoms with Crippen LogP contribution in [-0.4, -0.2) is 17.9 Å². The number of anilines is 1. The zero-order chi connectivity index (χ0) is 10.1. The minimum atomic E-state index is -0.105. The van der Waals surface area contributed by atoms with Gasteiger partial charge in [0.1, 0.15) is 0 Å². The molecule has 0 aromatic carbocycles. The second-order valence-electron chi connectivity index (χ2n) is 3.49. The molecule has 4 heteroatoms. The number of carbonyl (C=O) groups excluding carboxylic acids is 1. The van der Waals surface area contributed by atoms with E-state index in [0.29, 0.717) is 6.42 Å². The van der Waals surface area contributed by atoms with Crippen LogP contribution in [0.5, 0.6) is 0 Å². The molecule has 4 nitrogen and oxygen atoms in total. The highest BCUT2D eigenvalue weighted by molar-refractivity contribution is 5.93. The van der Waals surface area contributed by atoms with Gasteiger partial charge >= 0.3 is 0 Å². The zero-order valence-electron chi connectivity index (χ0n) is 8.04. The summed E-state index contributed by atoms with van der Waals surface area (Å²) < 4.78 is 0. The molecule has 2 heterocycles. The van der Waals surface area contributed by atoms with E-state index in [4.69, 9.17) is 0 Å². The van der Waals surface area contributed by atoms with Crippen LogP contribution in [0.25, 0.3) is 0 Å². The number of aromatic nitrogens is 1. The number of rotatable bonds is 0. The summed E-state index contributed by atoms with van der Waals surface area (Å²) in [4.78, 5) is 27.0. The lowest BCUT2D eigenvalue weighted by Crippen LogP contribution is -2.25. The van der Waals surface area contributed by atoms with Crippen molar-refractivity contribution >= 4 is 11.6 Å². The molecule has 14 heavy (non-hydrogen) atoms. The molecule has 0 atom stereocenters. The Labute approximate surface area is 81.6 Å². The minimum absolute atomic E-state index is 0.105. The van der Waals surface area contributed by atoms with Gasteiger partial charge < -0.3 is 9.88 Å². The highest BCUT2D eigenvalue weighted by atomic mass is 16.2. The fourth-order valence-corrected chi connectivity index (χ4v) is 1.73. The lowest BCUT2D eigenvalue weighted by molar-refractivity contribution is -0.118. The summed E-state index contributed by atoms with van der Waals surface area (Å²) in [6, 6.07) is 3.16. The van der Waals surface area contributed by atoms with Gasteiger partial charge in [-0.3, -0.25) is 9.59 Å². The van der Waals surface area contributed by atoms with Gasteiger partial charge in [-0.25, -0.2) is 0 Å². The second-order valence-corrected chi connectivity index (χ2v) is 3.49. The SMILES string of the molecule is CN1C(=O)CCCc2[nH]c(=O)ccc21. The monoisotopic (exact) mass is 192 g/mol. The molecule has 1 aliphatic heterocycles. The zero-order valence-corrected chi connectivity index (χ0v) is 8.04. The van der Waals surface area contributed by atoms with Gasteiger partial charge in [-0.2, -0.15) is 0 Å². The Morgan fingerprint density at radius 2 is 2.07 bits per heavy atom. The summed E-state index contributed by atoms with van der Waals surface area (Å²) in [7, 11) is 1.74. The number of pyridine rings is 1. The Balaban J connectivity index is 2.53. The number of nitrogens with one attached hydrogen (secondary N) is 1. The average molecular weight is 192 g/mol. The van der Waals surface area contributed by atoms with Crippen LogP contribution in [0.2, 0.25) is 0 Å². The summed E-state index contributed by atoms with van der Waals surface area (Å²) in [5.74, 6) is 0.107. The number of hydrogen-bond acceptors (Lipinski definition) is 2. The highest BCUT2D eigenvalue weighted by Crippen LogP contribution is 2.22. The van der Waals surface area contributed by atoms with Gasteiger partial charge in [0, 0.05) is 25.2 Å². The van der Waals surface area contributed by atoms with Gasteiger partial charge in [0.25, 0.3) is 0 Å². The molecule has 2 rings (SSSR count). The van der Waals surface area contributed by atoms with Gasteiger partial charge in [0.05, 0.1) is 5.69 Å². The van der Waals surface area contributed by atoms with E-state index in [2.05, 4.69) is 4.98 Å². The number of H-pyrrole nitrogens is 1. The lowest BCUT2D eigenvalue weighted by atomic mass is 10.2. The number of carbonyl (C=O) groups is 1. The van der Waals surface area contributed by atoms with E-state index in [1.165, 1.54) is 6.07 Å². The summed E-state index contributed by atoms with van der Waals surface area (Å²) in [5, 5.41) is 0. The Morgan fingerprint density at radius 3 is 2.86 bits per heavy atom. The van der Waals surface area contributed by atoms with Crippen LogP contribution in [0.15, 0.2) is 16.9 Å².